The van der Waals surface area contributed by atoms with Gasteiger partial charge in [-0.2, -0.15) is 0 Å². The lowest BCUT2D eigenvalue weighted by Gasteiger charge is -2.29. The fourth-order valence-electron chi connectivity index (χ4n) is 4.08. The van der Waals surface area contributed by atoms with Gasteiger partial charge in [0.2, 0.25) is 0 Å². The number of rotatable bonds is 13. The van der Waals surface area contributed by atoms with Gasteiger partial charge in [-0.1, -0.05) is 74.1 Å². The molecule has 0 bridgehead atoms. The Bertz CT molecular complexity index is 1370. The van der Waals surface area contributed by atoms with Crippen LogP contribution in [0.1, 0.15) is 54.2 Å². The largest absolute Gasteiger partial charge is 1.00 e. The minimum Gasteiger partial charge on any atom is -1.00 e. The quantitative estimate of drug-likeness (QED) is 0.0982. The number of carbonyl (C=O) groups is 1. The van der Waals surface area contributed by atoms with Crippen LogP contribution in [0.25, 0.3) is 0 Å². The van der Waals surface area contributed by atoms with Crippen molar-refractivity contribution in [2.24, 2.45) is 0 Å². The Labute approximate surface area is 260 Å². The molecule has 0 unspecified atom stereocenters. The highest BCUT2D eigenvalue weighted by atomic mass is 127. The summed E-state index contributed by atoms with van der Waals surface area (Å²) in [7, 11) is 2.01. The third-order valence-corrected chi connectivity index (χ3v) is 8.96. The fraction of sp³-hybridized carbons (Fsp3) is 0.387. The molecule has 6 nitrogen and oxygen atoms in total. The second-order valence-electron chi connectivity index (χ2n) is 10.7. The number of nitrogens with zero attached hydrogens (tertiary/aromatic N) is 1. The highest BCUT2D eigenvalue weighted by Gasteiger charge is 2.28. The first-order valence-electron chi connectivity index (χ1n) is 13.3. The van der Waals surface area contributed by atoms with Gasteiger partial charge in [-0.3, -0.25) is 4.79 Å². The van der Waals surface area contributed by atoms with E-state index in [0.29, 0.717) is 15.9 Å². The summed E-state index contributed by atoms with van der Waals surface area (Å²) in [4.78, 5) is 13.2. The van der Waals surface area contributed by atoms with Gasteiger partial charge in [0, 0.05) is 5.56 Å². The van der Waals surface area contributed by atoms with Crippen LogP contribution in [0.2, 0.25) is 0 Å². The molecule has 40 heavy (non-hydrogen) atoms. The van der Waals surface area contributed by atoms with Crippen molar-refractivity contribution >= 4 is 27.3 Å². The minimum absolute atomic E-state index is 0. The Kier molecular flexibility index (Phi) is 13.8. The maximum Gasteiger partial charge on any atom is 0.307 e. The molecule has 0 amide bonds. The molecule has 0 saturated heterocycles. The molecule has 216 valence electrons. The van der Waals surface area contributed by atoms with Gasteiger partial charge in [-0.25, -0.2) is 13.1 Å². The van der Waals surface area contributed by atoms with E-state index in [1.54, 1.807) is 12.1 Å². The van der Waals surface area contributed by atoms with Crippen molar-refractivity contribution in [3.63, 3.8) is 0 Å². The first-order valence-corrected chi connectivity index (χ1v) is 15.6. The number of quaternary nitrogens is 1. The maximum absolute atomic E-state index is 13.2. The van der Waals surface area contributed by atoms with Gasteiger partial charge < -0.3 is 33.2 Å². The average molecular weight is 695 g/mol. The van der Waals surface area contributed by atoms with Crippen molar-refractivity contribution < 1.29 is 46.4 Å². The summed E-state index contributed by atoms with van der Waals surface area (Å²) in [6.07, 6.45) is 4.63. The molecule has 9 heteroatoms. The molecule has 0 aliphatic heterocycles. The van der Waals surface area contributed by atoms with Crippen molar-refractivity contribution in [3.05, 3.63) is 88.3 Å². The molecule has 1 atom stereocenters. The molecular weight excluding hydrogens is 655 g/mol. The number of benzene rings is 2. The van der Waals surface area contributed by atoms with Crippen LogP contribution in [0.3, 0.4) is 0 Å². The zero-order chi connectivity index (χ0) is 28.3. The second-order valence-corrected chi connectivity index (χ2v) is 13.7. The second kappa shape index (κ2) is 16.3. The number of sulfonamides is 1. The van der Waals surface area contributed by atoms with Crippen molar-refractivity contribution in [1.29, 1.82) is 0 Å². The Balaban J connectivity index is 0.00000560. The molecule has 0 fully saturated rings. The van der Waals surface area contributed by atoms with Gasteiger partial charge in [-0.15, -0.1) is 11.3 Å². The van der Waals surface area contributed by atoms with Gasteiger partial charge in [0.1, 0.15) is 10.8 Å². The van der Waals surface area contributed by atoms with Gasteiger partial charge in [0.15, 0.2) is 0 Å². The number of carbonyl (C=O) groups excluding carboxylic acids is 1. The van der Waals surface area contributed by atoms with E-state index in [0.717, 1.165) is 28.9 Å². The minimum atomic E-state index is -3.84. The van der Waals surface area contributed by atoms with E-state index in [9.17, 15) is 13.2 Å². The Morgan fingerprint density at radius 1 is 0.950 bits per heavy atom. The number of halogens is 1. The van der Waals surface area contributed by atoms with Gasteiger partial charge in [0.25, 0.3) is 10.0 Å². The van der Waals surface area contributed by atoms with E-state index >= 15 is 0 Å². The zero-order valence-corrected chi connectivity index (χ0v) is 27.4. The third kappa shape index (κ3) is 12.1. The summed E-state index contributed by atoms with van der Waals surface area (Å²) in [5.74, 6) is 5.76. The number of ether oxygens (including phenoxy) is 1. The van der Waals surface area contributed by atoms with E-state index in [4.69, 9.17) is 4.74 Å². The van der Waals surface area contributed by atoms with Gasteiger partial charge in [0.05, 0.1) is 45.0 Å². The number of hydrogen-bond donors (Lipinski definition) is 1. The van der Waals surface area contributed by atoms with E-state index in [2.05, 4.69) is 35.6 Å². The number of unbranched alkanes of at least 4 members (excludes halogenated alkanes) is 2. The summed E-state index contributed by atoms with van der Waals surface area (Å²) >= 11 is 1.12. The molecule has 3 rings (SSSR count). The van der Waals surface area contributed by atoms with E-state index in [1.165, 1.54) is 24.8 Å². The van der Waals surface area contributed by atoms with Crippen LogP contribution in [0, 0.1) is 11.8 Å². The first kappa shape index (κ1) is 34.0. The Hall–Kier alpha value is -2.23. The average Bonchev–Trinajstić information content (AvgIpc) is 3.37. The summed E-state index contributed by atoms with van der Waals surface area (Å²) in [6.45, 7) is 2.77. The molecule has 0 aliphatic carbocycles. The van der Waals surface area contributed by atoms with Crippen LogP contribution in [-0.4, -0.2) is 52.6 Å². The fourth-order valence-corrected chi connectivity index (χ4v) is 6.48. The predicted octanol–water partition coefficient (Wildman–Crippen LogP) is 2.37. The zero-order valence-electron chi connectivity index (χ0n) is 23.7. The number of nitrogens with one attached hydrogen (secondary N) is 1. The van der Waals surface area contributed by atoms with Crippen LogP contribution >= 0.6 is 11.3 Å². The van der Waals surface area contributed by atoms with Crippen LogP contribution in [0.5, 0.6) is 0 Å². The van der Waals surface area contributed by atoms with E-state index in [-0.39, 0.29) is 41.2 Å². The van der Waals surface area contributed by atoms with Crippen LogP contribution in [0.4, 0.5) is 0 Å². The number of thiophene rings is 1. The molecule has 0 aliphatic rings. The van der Waals surface area contributed by atoms with Crippen LogP contribution in [-0.2, 0) is 32.6 Å². The standard InChI is InChI=1S/C31H39N2O4S2.HI/c1-5-6-8-11-25-14-16-26(17-15-25)18-19-29-20-21-31(38-29)39(35,36)32-28(23-33(2,3)4)22-30(34)37-24-27-12-9-7-10-13-27;/h7,9-10,12-17,20-21,28,32H,5-6,8,11,22-24H2,1-4H3;1H/q+1;/p-1/t28-;/m1./s1. The predicted molar refractivity (Wildman–Crippen MR) is 158 cm³/mol. The number of esters is 1. The summed E-state index contributed by atoms with van der Waals surface area (Å²) < 4.78 is 35.2. The van der Waals surface area contributed by atoms with E-state index < -0.39 is 22.0 Å². The third-order valence-electron chi connectivity index (χ3n) is 5.94. The maximum atomic E-state index is 13.2. The molecule has 1 heterocycles. The summed E-state index contributed by atoms with van der Waals surface area (Å²) in [5, 5.41) is 0. The van der Waals surface area contributed by atoms with Crippen molar-refractivity contribution in [2.45, 2.75) is 55.9 Å². The molecule has 0 saturated carbocycles. The van der Waals surface area contributed by atoms with Gasteiger partial charge in [-0.05, 0) is 48.2 Å². The Morgan fingerprint density at radius 3 is 2.30 bits per heavy atom. The lowest BCUT2D eigenvalue weighted by Crippen LogP contribution is -3.00. The van der Waals surface area contributed by atoms with Crippen molar-refractivity contribution in [3.8, 4) is 11.8 Å². The molecule has 0 radical (unpaired) electrons. The van der Waals surface area contributed by atoms with Gasteiger partial charge >= 0.3 is 5.97 Å². The highest BCUT2D eigenvalue weighted by Crippen LogP contribution is 2.22. The summed E-state index contributed by atoms with van der Waals surface area (Å²) in [6, 6.07) is 20.3. The van der Waals surface area contributed by atoms with Crippen molar-refractivity contribution in [2.75, 3.05) is 27.7 Å². The number of aryl methyl sites for hydroxylation is 1. The lowest BCUT2D eigenvalue weighted by atomic mass is 10.1. The summed E-state index contributed by atoms with van der Waals surface area (Å²) in [5.41, 5.74) is 3.07. The highest BCUT2D eigenvalue weighted by molar-refractivity contribution is 7.91. The normalized spacial score (nSPS) is 12.1. The first-order chi connectivity index (χ1) is 18.5. The Morgan fingerprint density at radius 2 is 1.65 bits per heavy atom. The molecule has 0 spiro atoms. The van der Waals surface area contributed by atoms with Crippen LogP contribution in [0.15, 0.2) is 70.9 Å². The number of likely N-dealkylation sites (N-methyl/N-ethyl adjacent to an activating group) is 1. The topological polar surface area (TPSA) is 72.5 Å². The monoisotopic (exact) mass is 694 g/mol. The molecule has 1 aromatic heterocycles. The molecular formula is C31H39IN2O4S2. The molecule has 2 aromatic carbocycles. The lowest BCUT2D eigenvalue weighted by molar-refractivity contribution is -0.871. The SMILES string of the molecule is CCCCCc1ccc(C#Cc2ccc(S(=O)(=O)N[C@H](CC(=O)OCc3ccccc3)C[N+](C)(C)C)s2)cc1.[I-]. The van der Waals surface area contributed by atoms with Crippen molar-refractivity contribution in [1.82, 2.24) is 4.72 Å². The van der Waals surface area contributed by atoms with E-state index in [1.807, 2.05) is 63.6 Å². The molecule has 3 aromatic rings. The van der Waals surface area contributed by atoms with Crippen LogP contribution < -0.4 is 28.7 Å². The smallest absolute Gasteiger partial charge is 0.307 e. The number of hydrogen-bond acceptors (Lipinski definition) is 5. The molecule has 1 N–H and O–H groups in total.